The monoisotopic (exact) mass is 450 g/mol. The van der Waals surface area contributed by atoms with Crippen LogP contribution in [0, 0.1) is 0 Å². The summed E-state index contributed by atoms with van der Waals surface area (Å²) in [5.74, 6) is -0.454. The first-order chi connectivity index (χ1) is 14.2. The number of hydrogen-bond acceptors (Lipinski definition) is 6. The summed E-state index contributed by atoms with van der Waals surface area (Å²) in [4.78, 5) is 24.9. The maximum atomic E-state index is 13.0. The van der Waals surface area contributed by atoms with Crippen molar-refractivity contribution >= 4 is 44.0 Å². The van der Waals surface area contributed by atoms with Crippen LogP contribution in [0.4, 0.5) is 5.69 Å². The standard InChI is InChI=1S/C20H19ClN2O6S/c1-12-19(13-4-7-15(28-2)8-5-13)30(26,27)23(20(12)25)11-18(24)22-14-6-9-17(29-3)16(21)10-14/h4-10H,11H2,1-3H3,(H,22,24). The fourth-order valence-electron chi connectivity index (χ4n) is 3.04. The first-order valence-corrected chi connectivity index (χ1v) is 10.6. The van der Waals surface area contributed by atoms with Crippen LogP contribution in [0.25, 0.3) is 4.91 Å². The Kier molecular flexibility index (Phi) is 6.04. The molecule has 0 saturated carbocycles. The van der Waals surface area contributed by atoms with Crippen LogP contribution in [0.3, 0.4) is 0 Å². The van der Waals surface area contributed by atoms with E-state index in [1.54, 1.807) is 36.4 Å². The number of carbonyl (C=O) groups excluding carboxylic acids is 2. The molecule has 2 aromatic rings. The van der Waals surface area contributed by atoms with Crippen molar-refractivity contribution in [2.45, 2.75) is 6.92 Å². The summed E-state index contributed by atoms with van der Waals surface area (Å²) in [7, 11) is -1.24. The molecule has 1 N–H and O–H groups in total. The van der Waals surface area contributed by atoms with Gasteiger partial charge in [0.25, 0.3) is 15.9 Å². The molecule has 1 aliphatic heterocycles. The molecule has 0 bridgehead atoms. The van der Waals surface area contributed by atoms with Gasteiger partial charge in [-0.15, -0.1) is 0 Å². The molecule has 0 fully saturated rings. The Morgan fingerprint density at radius 3 is 2.33 bits per heavy atom. The molecule has 2 aromatic carbocycles. The lowest BCUT2D eigenvalue weighted by Gasteiger charge is -2.17. The van der Waals surface area contributed by atoms with E-state index in [1.165, 1.54) is 27.2 Å². The number of halogens is 1. The van der Waals surface area contributed by atoms with E-state index in [0.717, 1.165) is 0 Å². The van der Waals surface area contributed by atoms with Crippen LogP contribution in [-0.4, -0.2) is 45.3 Å². The topological polar surface area (TPSA) is 102 Å². The van der Waals surface area contributed by atoms with E-state index in [9.17, 15) is 18.0 Å². The van der Waals surface area contributed by atoms with Gasteiger partial charge < -0.3 is 14.8 Å². The number of nitrogens with one attached hydrogen (secondary N) is 1. The van der Waals surface area contributed by atoms with E-state index in [1.807, 2.05) is 0 Å². The van der Waals surface area contributed by atoms with E-state index < -0.39 is 28.4 Å². The van der Waals surface area contributed by atoms with Crippen molar-refractivity contribution in [3.8, 4) is 11.5 Å². The average molecular weight is 451 g/mol. The van der Waals surface area contributed by atoms with Crippen LogP contribution in [0.2, 0.25) is 5.02 Å². The minimum Gasteiger partial charge on any atom is -0.497 e. The fourth-order valence-corrected chi connectivity index (χ4v) is 5.07. The molecule has 0 spiro atoms. The number of rotatable bonds is 6. The van der Waals surface area contributed by atoms with Gasteiger partial charge in [0.1, 0.15) is 22.9 Å². The summed E-state index contributed by atoms with van der Waals surface area (Å²) in [5, 5.41) is 2.81. The SMILES string of the molecule is COc1ccc(C2=C(C)C(=O)N(CC(=O)Nc3ccc(OC)c(Cl)c3)S2(=O)=O)cc1. The highest BCUT2D eigenvalue weighted by Crippen LogP contribution is 2.36. The third kappa shape index (κ3) is 3.99. The molecule has 0 atom stereocenters. The molecule has 0 aromatic heterocycles. The second-order valence-electron chi connectivity index (χ2n) is 6.40. The molecule has 158 valence electrons. The second kappa shape index (κ2) is 8.37. The lowest BCUT2D eigenvalue weighted by Crippen LogP contribution is -2.38. The van der Waals surface area contributed by atoms with Crippen LogP contribution < -0.4 is 14.8 Å². The minimum atomic E-state index is -4.19. The lowest BCUT2D eigenvalue weighted by atomic mass is 10.1. The number of amides is 2. The van der Waals surface area contributed by atoms with Crippen molar-refractivity contribution in [1.82, 2.24) is 4.31 Å². The van der Waals surface area contributed by atoms with Crippen molar-refractivity contribution < 1.29 is 27.5 Å². The number of hydrogen-bond donors (Lipinski definition) is 1. The molecule has 2 amide bonds. The first kappa shape index (κ1) is 21.7. The zero-order valence-corrected chi connectivity index (χ0v) is 18.0. The van der Waals surface area contributed by atoms with E-state index in [-0.39, 0.29) is 15.5 Å². The largest absolute Gasteiger partial charge is 0.497 e. The summed E-state index contributed by atoms with van der Waals surface area (Å²) >= 11 is 6.03. The highest BCUT2D eigenvalue weighted by Gasteiger charge is 2.43. The molecular formula is C20H19ClN2O6S. The molecule has 0 saturated heterocycles. The number of ether oxygens (including phenoxy) is 2. The predicted molar refractivity (Wildman–Crippen MR) is 113 cm³/mol. The van der Waals surface area contributed by atoms with E-state index >= 15 is 0 Å². The Balaban J connectivity index is 1.81. The Labute approximate surface area is 179 Å². The third-order valence-electron chi connectivity index (χ3n) is 4.51. The van der Waals surface area contributed by atoms with Gasteiger partial charge >= 0.3 is 0 Å². The Hall–Kier alpha value is -3.04. The zero-order valence-electron chi connectivity index (χ0n) is 16.4. The third-order valence-corrected chi connectivity index (χ3v) is 6.74. The van der Waals surface area contributed by atoms with Gasteiger partial charge in [-0.1, -0.05) is 11.6 Å². The molecule has 3 rings (SSSR count). The van der Waals surface area contributed by atoms with Crippen molar-refractivity contribution in [3.05, 3.63) is 58.6 Å². The lowest BCUT2D eigenvalue weighted by molar-refractivity contribution is -0.126. The molecule has 10 heteroatoms. The molecule has 0 unspecified atom stereocenters. The molecule has 0 aliphatic carbocycles. The number of carbonyl (C=O) groups is 2. The number of anilines is 1. The van der Waals surface area contributed by atoms with Gasteiger partial charge in [-0.3, -0.25) is 9.59 Å². The number of methoxy groups -OCH3 is 2. The number of sulfonamides is 1. The summed E-state index contributed by atoms with van der Waals surface area (Å²) in [6, 6.07) is 10.9. The van der Waals surface area contributed by atoms with Crippen molar-refractivity contribution in [3.63, 3.8) is 0 Å². The van der Waals surface area contributed by atoms with Crippen LogP contribution in [-0.2, 0) is 19.6 Å². The molecule has 8 nitrogen and oxygen atoms in total. The first-order valence-electron chi connectivity index (χ1n) is 8.74. The van der Waals surface area contributed by atoms with Gasteiger partial charge in [0.05, 0.1) is 19.2 Å². The van der Waals surface area contributed by atoms with Gasteiger partial charge in [0.2, 0.25) is 5.91 Å². The average Bonchev–Trinajstić information content (AvgIpc) is 2.87. The summed E-state index contributed by atoms with van der Waals surface area (Å²) < 4.78 is 36.7. The van der Waals surface area contributed by atoms with E-state index in [4.69, 9.17) is 21.1 Å². The Morgan fingerprint density at radius 2 is 1.77 bits per heavy atom. The molecular weight excluding hydrogens is 432 g/mol. The maximum absolute atomic E-state index is 13.0. The van der Waals surface area contributed by atoms with Crippen molar-refractivity contribution in [2.24, 2.45) is 0 Å². The van der Waals surface area contributed by atoms with E-state index in [2.05, 4.69) is 5.32 Å². The molecule has 1 aliphatic rings. The molecule has 30 heavy (non-hydrogen) atoms. The number of benzene rings is 2. The molecule has 0 radical (unpaired) electrons. The minimum absolute atomic E-state index is 0.0421. The summed E-state index contributed by atoms with van der Waals surface area (Å²) in [6.45, 7) is 0.752. The molecule has 1 heterocycles. The van der Waals surface area contributed by atoms with Gasteiger partial charge in [0.15, 0.2) is 0 Å². The highest BCUT2D eigenvalue weighted by atomic mass is 35.5. The van der Waals surface area contributed by atoms with Crippen LogP contribution >= 0.6 is 11.6 Å². The Bertz CT molecular complexity index is 1140. The van der Waals surface area contributed by atoms with Gasteiger partial charge in [-0.05, 0) is 55.0 Å². The van der Waals surface area contributed by atoms with Crippen molar-refractivity contribution in [2.75, 3.05) is 26.1 Å². The summed E-state index contributed by atoms with van der Waals surface area (Å²) in [6.07, 6.45) is 0. The van der Waals surface area contributed by atoms with Gasteiger partial charge in [-0.2, -0.15) is 0 Å². The highest BCUT2D eigenvalue weighted by molar-refractivity contribution is 7.99. The normalized spacial score (nSPS) is 15.3. The van der Waals surface area contributed by atoms with Gasteiger partial charge in [-0.25, -0.2) is 12.7 Å². The van der Waals surface area contributed by atoms with Crippen LogP contribution in [0.1, 0.15) is 12.5 Å². The quantitative estimate of drug-likeness (QED) is 0.726. The second-order valence-corrected chi connectivity index (χ2v) is 8.60. The smallest absolute Gasteiger partial charge is 0.268 e. The van der Waals surface area contributed by atoms with Crippen molar-refractivity contribution in [1.29, 1.82) is 0 Å². The van der Waals surface area contributed by atoms with E-state index in [0.29, 0.717) is 27.1 Å². The van der Waals surface area contributed by atoms with Gasteiger partial charge in [0, 0.05) is 11.3 Å². The number of nitrogens with zero attached hydrogens (tertiary/aromatic N) is 1. The zero-order chi connectivity index (χ0) is 22.1. The summed E-state index contributed by atoms with van der Waals surface area (Å²) in [5.41, 5.74) is 0.724. The predicted octanol–water partition coefficient (Wildman–Crippen LogP) is 2.90. The Morgan fingerprint density at radius 1 is 1.10 bits per heavy atom. The van der Waals surface area contributed by atoms with Crippen LogP contribution in [0.15, 0.2) is 48.0 Å². The van der Waals surface area contributed by atoms with Crippen LogP contribution in [0.5, 0.6) is 11.5 Å². The fraction of sp³-hybridized carbons (Fsp3) is 0.200. The maximum Gasteiger partial charge on any atom is 0.268 e.